The van der Waals surface area contributed by atoms with E-state index in [1.807, 2.05) is 23.1 Å². The van der Waals surface area contributed by atoms with Crippen molar-refractivity contribution in [3.63, 3.8) is 0 Å². The largest absolute Gasteiger partial charge is 0.353 e. The second-order valence-corrected chi connectivity index (χ2v) is 7.09. The van der Waals surface area contributed by atoms with Gasteiger partial charge in [0.25, 0.3) is 0 Å². The highest BCUT2D eigenvalue weighted by atomic mass is 32.2. The predicted molar refractivity (Wildman–Crippen MR) is 105 cm³/mol. The number of carbonyl (C=O) groups excluding carboxylic acids is 2. The molecule has 2 heterocycles. The minimum absolute atomic E-state index is 0.0373. The van der Waals surface area contributed by atoms with Gasteiger partial charge in [-0.05, 0) is 36.4 Å². The van der Waals surface area contributed by atoms with Gasteiger partial charge in [-0.2, -0.15) is 0 Å². The van der Waals surface area contributed by atoms with Gasteiger partial charge in [-0.3, -0.25) is 9.59 Å². The SMILES string of the molecule is O=C(CSCC(=O)N1CCN(c2ccccn2)CC1)Nc1ccc(F)cc1. The third-order valence-electron chi connectivity index (χ3n) is 4.19. The fourth-order valence-corrected chi connectivity index (χ4v) is 3.50. The highest BCUT2D eigenvalue weighted by molar-refractivity contribution is 8.00. The molecular weight excluding hydrogens is 367 g/mol. The van der Waals surface area contributed by atoms with E-state index in [1.54, 1.807) is 6.20 Å². The monoisotopic (exact) mass is 388 g/mol. The van der Waals surface area contributed by atoms with Crippen molar-refractivity contribution in [3.8, 4) is 0 Å². The van der Waals surface area contributed by atoms with E-state index in [4.69, 9.17) is 0 Å². The highest BCUT2D eigenvalue weighted by Crippen LogP contribution is 2.14. The van der Waals surface area contributed by atoms with Crippen LogP contribution in [0.5, 0.6) is 0 Å². The number of hydrogen-bond acceptors (Lipinski definition) is 5. The molecule has 1 N–H and O–H groups in total. The fraction of sp³-hybridized carbons (Fsp3) is 0.316. The molecule has 1 aliphatic rings. The Hall–Kier alpha value is -2.61. The Balaban J connectivity index is 1.36. The molecule has 0 atom stereocenters. The topological polar surface area (TPSA) is 65.5 Å². The number of thioether (sulfide) groups is 1. The van der Waals surface area contributed by atoms with Crippen LogP contribution in [-0.4, -0.2) is 59.4 Å². The molecule has 0 bridgehead atoms. The lowest BCUT2D eigenvalue weighted by molar-refractivity contribution is -0.128. The molecule has 8 heteroatoms. The zero-order valence-electron chi connectivity index (χ0n) is 14.8. The van der Waals surface area contributed by atoms with Gasteiger partial charge >= 0.3 is 0 Å². The van der Waals surface area contributed by atoms with Crippen LogP contribution in [0.15, 0.2) is 48.7 Å². The molecule has 1 aromatic heterocycles. The first kappa shape index (κ1) is 19.2. The Morgan fingerprint density at radius 3 is 2.44 bits per heavy atom. The van der Waals surface area contributed by atoms with Gasteiger partial charge in [0.15, 0.2) is 0 Å². The van der Waals surface area contributed by atoms with Gasteiger partial charge in [0.1, 0.15) is 11.6 Å². The van der Waals surface area contributed by atoms with Crippen LogP contribution >= 0.6 is 11.8 Å². The summed E-state index contributed by atoms with van der Waals surface area (Å²) in [7, 11) is 0. The molecule has 0 saturated carbocycles. The van der Waals surface area contributed by atoms with Gasteiger partial charge in [-0.1, -0.05) is 6.07 Å². The third-order valence-corrected chi connectivity index (χ3v) is 5.11. The lowest BCUT2D eigenvalue weighted by atomic mass is 10.3. The zero-order chi connectivity index (χ0) is 19.1. The minimum Gasteiger partial charge on any atom is -0.353 e. The maximum absolute atomic E-state index is 12.8. The van der Waals surface area contributed by atoms with Crippen LogP contribution < -0.4 is 10.2 Å². The van der Waals surface area contributed by atoms with E-state index >= 15 is 0 Å². The van der Waals surface area contributed by atoms with Gasteiger partial charge in [-0.15, -0.1) is 11.8 Å². The number of aromatic nitrogens is 1. The first-order valence-electron chi connectivity index (χ1n) is 8.69. The van der Waals surface area contributed by atoms with Crippen LogP contribution in [0.3, 0.4) is 0 Å². The Morgan fingerprint density at radius 2 is 1.78 bits per heavy atom. The summed E-state index contributed by atoms with van der Waals surface area (Å²) in [5.74, 6) is 0.847. The molecule has 0 aliphatic carbocycles. The molecule has 2 aromatic rings. The first-order chi connectivity index (χ1) is 13.1. The zero-order valence-corrected chi connectivity index (χ0v) is 15.6. The molecule has 0 radical (unpaired) electrons. The number of benzene rings is 1. The molecule has 1 aromatic carbocycles. The van der Waals surface area contributed by atoms with Gasteiger partial charge in [-0.25, -0.2) is 9.37 Å². The Kier molecular flexibility index (Phi) is 6.64. The summed E-state index contributed by atoms with van der Waals surface area (Å²) in [6.45, 7) is 2.80. The van der Waals surface area contributed by atoms with Gasteiger partial charge in [0.2, 0.25) is 11.8 Å². The molecule has 3 rings (SSSR count). The van der Waals surface area contributed by atoms with Crippen LogP contribution in [0, 0.1) is 5.82 Å². The quantitative estimate of drug-likeness (QED) is 0.822. The smallest absolute Gasteiger partial charge is 0.234 e. The average molecular weight is 388 g/mol. The van der Waals surface area contributed by atoms with Crippen molar-refractivity contribution in [1.82, 2.24) is 9.88 Å². The lowest BCUT2D eigenvalue weighted by Crippen LogP contribution is -2.49. The molecule has 1 aliphatic heterocycles. The Morgan fingerprint density at radius 1 is 1.04 bits per heavy atom. The summed E-state index contributed by atoms with van der Waals surface area (Å²) in [6.07, 6.45) is 1.76. The number of hydrogen-bond donors (Lipinski definition) is 1. The van der Waals surface area contributed by atoms with Gasteiger partial charge in [0, 0.05) is 38.1 Å². The molecule has 27 heavy (non-hydrogen) atoms. The Bertz CT molecular complexity index is 765. The highest BCUT2D eigenvalue weighted by Gasteiger charge is 2.21. The van der Waals surface area contributed by atoms with Crippen LogP contribution in [0.2, 0.25) is 0 Å². The summed E-state index contributed by atoms with van der Waals surface area (Å²) >= 11 is 1.28. The molecule has 6 nitrogen and oxygen atoms in total. The van der Waals surface area contributed by atoms with Crippen molar-refractivity contribution in [3.05, 3.63) is 54.5 Å². The summed E-state index contributed by atoms with van der Waals surface area (Å²) in [5, 5.41) is 2.68. The standard InChI is InChI=1S/C19H21FN4O2S/c20-15-4-6-16(7-5-15)22-18(25)13-27-14-19(26)24-11-9-23(10-12-24)17-3-1-2-8-21-17/h1-8H,9-14H2,(H,22,25). The summed E-state index contributed by atoms with van der Waals surface area (Å²) < 4.78 is 12.8. The molecule has 0 unspecified atom stereocenters. The number of nitrogens with one attached hydrogen (secondary N) is 1. The maximum atomic E-state index is 12.8. The van der Waals surface area contributed by atoms with E-state index in [0.29, 0.717) is 18.8 Å². The van der Waals surface area contributed by atoms with E-state index in [0.717, 1.165) is 18.9 Å². The van der Waals surface area contributed by atoms with Crippen LogP contribution in [-0.2, 0) is 9.59 Å². The molecular formula is C19H21FN4O2S. The van der Waals surface area contributed by atoms with Crippen LogP contribution in [0.4, 0.5) is 15.9 Å². The molecule has 1 fully saturated rings. The number of amides is 2. The number of halogens is 1. The molecule has 142 valence electrons. The van der Waals surface area contributed by atoms with Crippen molar-refractivity contribution >= 4 is 35.1 Å². The van der Waals surface area contributed by atoms with Crippen molar-refractivity contribution in [1.29, 1.82) is 0 Å². The van der Waals surface area contributed by atoms with E-state index in [-0.39, 0.29) is 29.1 Å². The van der Waals surface area contributed by atoms with Crippen molar-refractivity contribution in [2.75, 3.05) is 47.9 Å². The second kappa shape index (κ2) is 9.36. The number of carbonyl (C=O) groups is 2. The Labute approximate surface area is 161 Å². The number of rotatable bonds is 6. The maximum Gasteiger partial charge on any atom is 0.234 e. The van der Waals surface area contributed by atoms with E-state index in [1.165, 1.54) is 36.0 Å². The first-order valence-corrected chi connectivity index (χ1v) is 9.84. The normalized spacial score (nSPS) is 14.1. The number of nitrogens with zero attached hydrogens (tertiary/aromatic N) is 3. The summed E-state index contributed by atoms with van der Waals surface area (Å²) in [4.78, 5) is 32.5. The third kappa shape index (κ3) is 5.68. The number of anilines is 2. The number of piperazine rings is 1. The second-order valence-electron chi connectivity index (χ2n) is 6.10. The molecule has 1 saturated heterocycles. The average Bonchev–Trinajstić information content (AvgIpc) is 2.70. The van der Waals surface area contributed by atoms with E-state index in [2.05, 4.69) is 15.2 Å². The van der Waals surface area contributed by atoms with Gasteiger partial charge < -0.3 is 15.1 Å². The fourth-order valence-electron chi connectivity index (χ4n) is 2.78. The summed E-state index contributed by atoms with van der Waals surface area (Å²) in [6, 6.07) is 11.4. The van der Waals surface area contributed by atoms with Crippen LogP contribution in [0.1, 0.15) is 0 Å². The van der Waals surface area contributed by atoms with Crippen molar-refractivity contribution < 1.29 is 14.0 Å². The molecule has 0 spiro atoms. The minimum atomic E-state index is -0.351. The van der Waals surface area contributed by atoms with Crippen molar-refractivity contribution in [2.24, 2.45) is 0 Å². The number of pyridine rings is 1. The summed E-state index contributed by atoms with van der Waals surface area (Å²) in [5.41, 5.74) is 0.541. The van der Waals surface area contributed by atoms with Gasteiger partial charge in [0.05, 0.1) is 11.5 Å². The molecule has 2 amide bonds. The van der Waals surface area contributed by atoms with Crippen molar-refractivity contribution in [2.45, 2.75) is 0 Å². The van der Waals surface area contributed by atoms with Crippen LogP contribution in [0.25, 0.3) is 0 Å². The predicted octanol–water partition coefficient (Wildman–Crippen LogP) is 2.24. The van der Waals surface area contributed by atoms with E-state index in [9.17, 15) is 14.0 Å². The van der Waals surface area contributed by atoms with E-state index < -0.39 is 0 Å². The lowest BCUT2D eigenvalue weighted by Gasteiger charge is -2.35.